The van der Waals surface area contributed by atoms with Crippen LogP contribution in [0.2, 0.25) is 0 Å². The number of anilines is 1. The molecule has 0 unspecified atom stereocenters. The first-order valence-electron chi connectivity index (χ1n) is 6.58. The van der Waals surface area contributed by atoms with Crippen molar-refractivity contribution in [2.24, 2.45) is 5.73 Å². The summed E-state index contributed by atoms with van der Waals surface area (Å²) in [5, 5.41) is 1.59. The van der Waals surface area contributed by atoms with Crippen molar-refractivity contribution in [3.8, 4) is 0 Å². The number of aromatic amines is 1. The van der Waals surface area contributed by atoms with Gasteiger partial charge in [0.2, 0.25) is 5.91 Å². The number of nitrogens with two attached hydrogens (primary N) is 1. The number of primary amides is 1. The Labute approximate surface area is 130 Å². The van der Waals surface area contributed by atoms with E-state index in [4.69, 9.17) is 5.73 Å². The van der Waals surface area contributed by atoms with Crippen LogP contribution in [0.4, 0.5) is 5.69 Å². The lowest BCUT2D eigenvalue weighted by Gasteiger charge is -2.16. The summed E-state index contributed by atoms with van der Waals surface area (Å²) in [6.07, 6.45) is 0. The van der Waals surface area contributed by atoms with Gasteiger partial charge in [-0.3, -0.25) is 9.59 Å². The van der Waals surface area contributed by atoms with Gasteiger partial charge in [0.1, 0.15) is 5.82 Å². The minimum atomic E-state index is -0.535. The molecule has 0 bridgehead atoms. The summed E-state index contributed by atoms with van der Waals surface area (Å²) >= 11 is 1.20. The zero-order valence-electron chi connectivity index (χ0n) is 12.1. The lowest BCUT2D eigenvalue weighted by molar-refractivity contribution is 0.0995. The van der Waals surface area contributed by atoms with Gasteiger partial charge < -0.3 is 15.6 Å². The molecule has 3 N–H and O–H groups in total. The first-order valence-corrected chi connectivity index (χ1v) is 7.46. The van der Waals surface area contributed by atoms with Crippen molar-refractivity contribution >= 4 is 39.9 Å². The average Bonchev–Trinajstić information content (AvgIpc) is 3.10. The predicted octanol–water partition coefficient (Wildman–Crippen LogP) is 2.31. The van der Waals surface area contributed by atoms with Gasteiger partial charge in [0.15, 0.2) is 0 Å². The van der Waals surface area contributed by atoms with E-state index in [0.717, 1.165) is 22.5 Å². The maximum Gasteiger partial charge on any atom is 0.268 e. The van der Waals surface area contributed by atoms with Crippen LogP contribution in [0, 0.1) is 6.92 Å². The molecule has 0 saturated heterocycles. The van der Waals surface area contributed by atoms with Crippen LogP contribution < -0.4 is 10.6 Å². The maximum atomic E-state index is 12.5. The van der Waals surface area contributed by atoms with Crippen molar-refractivity contribution in [2.45, 2.75) is 6.92 Å². The van der Waals surface area contributed by atoms with Crippen molar-refractivity contribution < 1.29 is 9.59 Å². The molecule has 7 heteroatoms. The van der Waals surface area contributed by atoms with Gasteiger partial charge in [-0.15, -0.1) is 11.3 Å². The SMILES string of the molecule is Cc1nc2ccc(N(C)C(=O)c3cc(C(N)=O)cs3)cc2[nH]1. The summed E-state index contributed by atoms with van der Waals surface area (Å²) in [5.41, 5.74) is 8.03. The maximum absolute atomic E-state index is 12.5. The molecule has 0 radical (unpaired) electrons. The predicted molar refractivity (Wildman–Crippen MR) is 86.4 cm³/mol. The van der Waals surface area contributed by atoms with Crippen molar-refractivity contribution in [1.29, 1.82) is 0 Å². The van der Waals surface area contributed by atoms with E-state index < -0.39 is 5.91 Å². The zero-order chi connectivity index (χ0) is 15.9. The molecule has 2 amide bonds. The number of benzene rings is 1. The number of carbonyl (C=O) groups excluding carboxylic acids is 2. The van der Waals surface area contributed by atoms with Crippen molar-refractivity contribution in [2.75, 3.05) is 11.9 Å². The van der Waals surface area contributed by atoms with Gasteiger partial charge in [0, 0.05) is 18.1 Å². The van der Waals surface area contributed by atoms with Crippen LogP contribution in [0.25, 0.3) is 11.0 Å². The number of nitrogens with one attached hydrogen (secondary N) is 1. The number of hydrogen-bond acceptors (Lipinski definition) is 4. The molecular formula is C15H14N4O2S. The first kappa shape index (κ1) is 14.3. The molecule has 3 aromatic rings. The van der Waals surface area contributed by atoms with E-state index in [1.807, 2.05) is 25.1 Å². The summed E-state index contributed by atoms with van der Waals surface area (Å²) < 4.78 is 0. The topological polar surface area (TPSA) is 92.1 Å². The Morgan fingerprint density at radius 2 is 2.09 bits per heavy atom. The van der Waals surface area contributed by atoms with Crippen molar-refractivity contribution in [1.82, 2.24) is 9.97 Å². The number of imidazole rings is 1. The third-order valence-electron chi connectivity index (χ3n) is 3.37. The standard InChI is InChI=1S/C15H14N4O2S/c1-8-17-11-4-3-10(6-12(11)18-8)19(2)15(21)13-5-9(7-22-13)14(16)20/h3-7H,1-2H3,(H2,16,20)(H,17,18). The number of thiophene rings is 1. The van der Waals surface area contributed by atoms with Gasteiger partial charge >= 0.3 is 0 Å². The molecule has 0 atom stereocenters. The van der Waals surface area contributed by atoms with E-state index in [-0.39, 0.29) is 5.91 Å². The Hall–Kier alpha value is -2.67. The van der Waals surface area contributed by atoms with Crippen LogP contribution in [0.1, 0.15) is 25.9 Å². The molecule has 0 fully saturated rings. The summed E-state index contributed by atoms with van der Waals surface area (Å²) in [6.45, 7) is 1.88. The fourth-order valence-electron chi connectivity index (χ4n) is 2.19. The molecule has 0 spiro atoms. The number of carbonyl (C=O) groups is 2. The van der Waals surface area contributed by atoms with E-state index in [0.29, 0.717) is 10.4 Å². The minimum absolute atomic E-state index is 0.187. The van der Waals surface area contributed by atoms with Crippen LogP contribution in [-0.4, -0.2) is 28.8 Å². The molecule has 0 aliphatic heterocycles. The molecule has 6 nitrogen and oxygen atoms in total. The van der Waals surface area contributed by atoms with E-state index in [9.17, 15) is 9.59 Å². The number of aromatic nitrogens is 2. The second-order valence-electron chi connectivity index (χ2n) is 4.95. The number of rotatable bonds is 3. The Morgan fingerprint density at radius 3 is 2.77 bits per heavy atom. The third-order valence-corrected chi connectivity index (χ3v) is 4.29. The lowest BCUT2D eigenvalue weighted by atomic mass is 10.2. The smallest absolute Gasteiger partial charge is 0.268 e. The summed E-state index contributed by atoms with van der Waals surface area (Å²) in [6, 6.07) is 7.09. The Bertz CT molecular complexity index is 881. The molecule has 3 rings (SSSR count). The van der Waals surface area contributed by atoms with Gasteiger partial charge in [0.25, 0.3) is 5.91 Å². The van der Waals surface area contributed by atoms with Gasteiger partial charge in [-0.2, -0.15) is 0 Å². The van der Waals surface area contributed by atoms with E-state index in [1.165, 1.54) is 22.3 Å². The van der Waals surface area contributed by atoms with Crippen LogP contribution >= 0.6 is 11.3 Å². The van der Waals surface area contributed by atoms with Gasteiger partial charge in [-0.1, -0.05) is 0 Å². The van der Waals surface area contributed by atoms with Gasteiger partial charge in [-0.25, -0.2) is 4.98 Å². The normalized spacial score (nSPS) is 10.8. The Morgan fingerprint density at radius 1 is 1.32 bits per heavy atom. The van der Waals surface area contributed by atoms with Gasteiger partial charge in [-0.05, 0) is 31.2 Å². The highest BCUT2D eigenvalue weighted by molar-refractivity contribution is 7.12. The van der Waals surface area contributed by atoms with Crippen molar-refractivity contribution in [3.63, 3.8) is 0 Å². The number of nitrogens with zero attached hydrogens (tertiary/aromatic N) is 2. The van der Waals surface area contributed by atoms with Gasteiger partial charge in [0.05, 0.1) is 21.5 Å². The van der Waals surface area contributed by atoms with E-state index in [1.54, 1.807) is 12.4 Å². The minimum Gasteiger partial charge on any atom is -0.366 e. The number of amides is 2. The molecule has 0 saturated carbocycles. The van der Waals surface area contributed by atoms with E-state index >= 15 is 0 Å². The number of hydrogen-bond donors (Lipinski definition) is 2. The molecule has 22 heavy (non-hydrogen) atoms. The molecule has 1 aromatic carbocycles. The Kier molecular flexibility index (Phi) is 3.42. The highest BCUT2D eigenvalue weighted by Gasteiger charge is 2.17. The Balaban J connectivity index is 1.91. The second-order valence-corrected chi connectivity index (χ2v) is 5.86. The monoisotopic (exact) mass is 314 g/mol. The molecule has 112 valence electrons. The van der Waals surface area contributed by atoms with Crippen LogP contribution in [0.15, 0.2) is 29.6 Å². The average molecular weight is 314 g/mol. The van der Waals surface area contributed by atoms with Crippen LogP contribution in [0.5, 0.6) is 0 Å². The largest absolute Gasteiger partial charge is 0.366 e. The molecule has 2 heterocycles. The van der Waals surface area contributed by atoms with Crippen LogP contribution in [0.3, 0.4) is 0 Å². The zero-order valence-corrected chi connectivity index (χ0v) is 12.9. The van der Waals surface area contributed by atoms with Crippen LogP contribution in [-0.2, 0) is 0 Å². The fraction of sp³-hybridized carbons (Fsp3) is 0.133. The third kappa shape index (κ3) is 2.46. The number of fused-ring (bicyclic) bond motifs is 1. The summed E-state index contributed by atoms with van der Waals surface area (Å²) in [5.74, 6) is 0.103. The number of aryl methyl sites for hydroxylation is 1. The van der Waals surface area contributed by atoms with Crippen molar-refractivity contribution in [3.05, 3.63) is 45.9 Å². The molecule has 0 aliphatic rings. The molecule has 2 aromatic heterocycles. The quantitative estimate of drug-likeness (QED) is 0.777. The summed E-state index contributed by atoms with van der Waals surface area (Å²) in [7, 11) is 1.69. The second kappa shape index (κ2) is 5.27. The molecule has 0 aliphatic carbocycles. The highest BCUT2D eigenvalue weighted by Crippen LogP contribution is 2.23. The first-order chi connectivity index (χ1) is 10.5. The number of H-pyrrole nitrogens is 1. The summed E-state index contributed by atoms with van der Waals surface area (Å²) in [4.78, 5) is 33.1. The molecular weight excluding hydrogens is 300 g/mol. The van der Waals surface area contributed by atoms with E-state index in [2.05, 4.69) is 9.97 Å². The highest BCUT2D eigenvalue weighted by atomic mass is 32.1. The lowest BCUT2D eigenvalue weighted by Crippen LogP contribution is -2.25. The fourth-order valence-corrected chi connectivity index (χ4v) is 3.06.